The van der Waals surface area contributed by atoms with Crippen molar-refractivity contribution in [2.75, 3.05) is 0 Å². The van der Waals surface area contributed by atoms with E-state index in [4.69, 9.17) is 11.6 Å². The van der Waals surface area contributed by atoms with Gasteiger partial charge in [-0.2, -0.15) is 0 Å². The number of phenolic OH excluding ortho intramolecular Hbond substituents is 1. The third kappa shape index (κ3) is 2.20. The molecule has 0 amide bonds. The van der Waals surface area contributed by atoms with Crippen LogP contribution in [0.2, 0.25) is 0 Å². The molecule has 0 aliphatic carbocycles. The quantitative estimate of drug-likeness (QED) is 0.812. The van der Waals surface area contributed by atoms with Crippen LogP contribution in [-0.2, 0) is 0 Å². The van der Waals surface area contributed by atoms with Gasteiger partial charge in [0, 0.05) is 18.0 Å². The fraction of sp³-hybridized carbons (Fsp3) is 0. The van der Waals surface area contributed by atoms with E-state index in [-0.39, 0.29) is 5.75 Å². The summed E-state index contributed by atoms with van der Waals surface area (Å²) in [5, 5.41) is 8.79. The number of aromatic hydroxyl groups is 1. The maximum atomic E-state index is 11.0. The number of hydrogen-bond acceptors (Lipinski definition) is 3. The Balaban J connectivity index is 2.48. The molecule has 2 aromatic rings. The highest BCUT2D eigenvalue weighted by Crippen LogP contribution is 2.23. The number of halogens is 1. The monoisotopic (exact) mass is 233 g/mol. The van der Waals surface area contributed by atoms with Crippen molar-refractivity contribution in [3.05, 3.63) is 48.3 Å². The van der Waals surface area contributed by atoms with Gasteiger partial charge in [-0.1, -0.05) is 12.1 Å². The van der Waals surface area contributed by atoms with Gasteiger partial charge in [-0.05, 0) is 35.4 Å². The first-order chi connectivity index (χ1) is 7.66. The molecule has 0 spiro atoms. The van der Waals surface area contributed by atoms with Gasteiger partial charge in [0.15, 0.2) is 0 Å². The van der Waals surface area contributed by atoms with Gasteiger partial charge in [0.05, 0.1) is 5.56 Å². The summed E-state index contributed by atoms with van der Waals surface area (Å²) in [6.07, 6.45) is 3.01. The molecule has 0 atom stereocenters. The lowest BCUT2D eigenvalue weighted by Gasteiger charge is -2.02. The van der Waals surface area contributed by atoms with Crippen molar-refractivity contribution in [3.8, 4) is 16.9 Å². The van der Waals surface area contributed by atoms with Crippen molar-refractivity contribution in [2.45, 2.75) is 0 Å². The van der Waals surface area contributed by atoms with Crippen LogP contribution in [0.4, 0.5) is 0 Å². The standard InChI is InChI=1S/C12H8ClNO2/c13-12(16)10-4-9(6-14-7-10)8-2-1-3-11(15)5-8/h1-7,15H. The molecule has 0 aliphatic heterocycles. The lowest BCUT2D eigenvalue weighted by Crippen LogP contribution is -1.91. The molecule has 4 heteroatoms. The molecule has 0 aliphatic rings. The highest BCUT2D eigenvalue weighted by molar-refractivity contribution is 6.67. The van der Waals surface area contributed by atoms with E-state index in [2.05, 4.69) is 4.98 Å². The zero-order chi connectivity index (χ0) is 11.5. The van der Waals surface area contributed by atoms with Gasteiger partial charge in [-0.25, -0.2) is 0 Å². The zero-order valence-corrected chi connectivity index (χ0v) is 8.98. The lowest BCUT2D eigenvalue weighted by molar-refractivity contribution is 0.108. The van der Waals surface area contributed by atoms with E-state index in [1.54, 1.807) is 30.5 Å². The first-order valence-corrected chi connectivity index (χ1v) is 4.99. The SMILES string of the molecule is O=C(Cl)c1cncc(-c2cccc(O)c2)c1. The lowest BCUT2D eigenvalue weighted by atomic mass is 10.1. The van der Waals surface area contributed by atoms with E-state index in [0.717, 1.165) is 11.1 Å². The predicted octanol–water partition coefficient (Wildman–Crippen LogP) is 2.83. The molecule has 1 aromatic heterocycles. The van der Waals surface area contributed by atoms with Crippen LogP contribution in [0.5, 0.6) is 5.75 Å². The molecule has 0 unspecified atom stereocenters. The van der Waals surface area contributed by atoms with E-state index in [0.29, 0.717) is 5.56 Å². The molecule has 80 valence electrons. The van der Waals surface area contributed by atoms with Crippen LogP contribution in [0.3, 0.4) is 0 Å². The Hall–Kier alpha value is -1.87. The Bertz CT molecular complexity index is 540. The summed E-state index contributed by atoms with van der Waals surface area (Å²) in [5.74, 6) is 0.167. The first-order valence-electron chi connectivity index (χ1n) is 4.61. The Labute approximate surface area is 97.3 Å². The predicted molar refractivity (Wildman–Crippen MR) is 61.5 cm³/mol. The number of hydrogen-bond donors (Lipinski definition) is 1. The number of carbonyl (C=O) groups excluding carboxylic acids is 1. The number of rotatable bonds is 2. The fourth-order valence-corrected chi connectivity index (χ4v) is 1.49. The summed E-state index contributed by atoms with van der Waals surface area (Å²) in [6, 6.07) is 8.35. The highest BCUT2D eigenvalue weighted by Gasteiger charge is 2.05. The fourth-order valence-electron chi connectivity index (χ4n) is 1.39. The van der Waals surface area contributed by atoms with Crippen molar-refractivity contribution < 1.29 is 9.90 Å². The van der Waals surface area contributed by atoms with Crippen molar-refractivity contribution in [2.24, 2.45) is 0 Å². The number of nitrogens with zero attached hydrogens (tertiary/aromatic N) is 1. The Kier molecular flexibility index (Phi) is 2.88. The molecular formula is C12H8ClNO2. The van der Waals surface area contributed by atoms with Crippen LogP contribution in [0.1, 0.15) is 10.4 Å². The minimum absolute atomic E-state index is 0.167. The average Bonchev–Trinajstić information content (AvgIpc) is 2.29. The summed E-state index contributed by atoms with van der Waals surface area (Å²) < 4.78 is 0. The first kappa shape index (κ1) is 10.6. The molecule has 0 radical (unpaired) electrons. The summed E-state index contributed by atoms with van der Waals surface area (Å²) in [7, 11) is 0. The normalized spacial score (nSPS) is 10.1. The molecule has 1 aromatic carbocycles. The van der Waals surface area contributed by atoms with Crippen LogP contribution in [0.15, 0.2) is 42.7 Å². The Morgan fingerprint density at radius 2 is 2.00 bits per heavy atom. The van der Waals surface area contributed by atoms with Gasteiger partial charge < -0.3 is 5.11 Å². The topological polar surface area (TPSA) is 50.2 Å². The molecule has 0 saturated carbocycles. The minimum atomic E-state index is -0.547. The van der Waals surface area contributed by atoms with E-state index in [1.165, 1.54) is 6.20 Å². The smallest absolute Gasteiger partial charge is 0.253 e. The molecule has 3 nitrogen and oxygen atoms in total. The highest BCUT2D eigenvalue weighted by atomic mass is 35.5. The van der Waals surface area contributed by atoms with Gasteiger partial charge in [-0.15, -0.1) is 0 Å². The second-order valence-corrected chi connectivity index (χ2v) is 3.63. The largest absolute Gasteiger partial charge is 0.508 e. The van der Waals surface area contributed by atoms with Crippen LogP contribution in [0.25, 0.3) is 11.1 Å². The third-order valence-electron chi connectivity index (χ3n) is 2.14. The second-order valence-electron chi connectivity index (χ2n) is 3.29. The minimum Gasteiger partial charge on any atom is -0.508 e. The number of aromatic nitrogens is 1. The van der Waals surface area contributed by atoms with Gasteiger partial charge in [-0.3, -0.25) is 9.78 Å². The van der Waals surface area contributed by atoms with E-state index in [1.807, 2.05) is 6.07 Å². The number of carbonyl (C=O) groups is 1. The number of pyridine rings is 1. The van der Waals surface area contributed by atoms with Crippen LogP contribution in [-0.4, -0.2) is 15.3 Å². The van der Waals surface area contributed by atoms with Gasteiger partial charge in [0.2, 0.25) is 0 Å². The Morgan fingerprint density at radius 1 is 1.19 bits per heavy atom. The molecule has 0 fully saturated rings. The maximum absolute atomic E-state index is 11.0. The van der Waals surface area contributed by atoms with Crippen LogP contribution < -0.4 is 0 Å². The molecule has 2 rings (SSSR count). The van der Waals surface area contributed by atoms with E-state index in [9.17, 15) is 9.90 Å². The van der Waals surface area contributed by atoms with Crippen molar-refractivity contribution >= 4 is 16.8 Å². The molecule has 0 saturated heterocycles. The third-order valence-corrected chi connectivity index (χ3v) is 2.36. The second kappa shape index (κ2) is 4.33. The molecule has 1 heterocycles. The Morgan fingerprint density at radius 3 is 2.69 bits per heavy atom. The maximum Gasteiger partial charge on any atom is 0.253 e. The van der Waals surface area contributed by atoms with Crippen molar-refractivity contribution in [3.63, 3.8) is 0 Å². The van der Waals surface area contributed by atoms with Crippen molar-refractivity contribution in [1.29, 1.82) is 0 Å². The van der Waals surface area contributed by atoms with Gasteiger partial charge >= 0.3 is 0 Å². The van der Waals surface area contributed by atoms with Crippen LogP contribution >= 0.6 is 11.6 Å². The molecular weight excluding hydrogens is 226 g/mol. The van der Waals surface area contributed by atoms with Crippen molar-refractivity contribution in [1.82, 2.24) is 4.98 Å². The van der Waals surface area contributed by atoms with E-state index >= 15 is 0 Å². The molecule has 16 heavy (non-hydrogen) atoms. The molecule has 0 bridgehead atoms. The zero-order valence-electron chi connectivity index (χ0n) is 8.22. The summed E-state index contributed by atoms with van der Waals surface area (Å²) >= 11 is 5.37. The summed E-state index contributed by atoms with van der Waals surface area (Å²) in [5.41, 5.74) is 1.86. The van der Waals surface area contributed by atoms with Gasteiger partial charge in [0.25, 0.3) is 5.24 Å². The summed E-state index contributed by atoms with van der Waals surface area (Å²) in [4.78, 5) is 14.9. The number of benzene rings is 1. The van der Waals surface area contributed by atoms with Crippen LogP contribution in [0, 0.1) is 0 Å². The average molecular weight is 234 g/mol. The molecule has 1 N–H and O–H groups in total. The van der Waals surface area contributed by atoms with Gasteiger partial charge in [0.1, 0.15) is 5.75 Å². The number of phenols is 1. The summed E-state index contributed by atoms with van der Waals surface area (Å²) in [6.45, 7) is 0. The van der Waals surface area contributed by atoms with E-state index < -0.39 is 5.24 Å².